The Balaban J connectivity index is 1.49. The zero-order valence-corrected chi connectivity index (χ0v) is 19.5. The number of aromatic nitrogens is 6. The molecule has 0 spiro atoms. The highest BCUT2D eigenvalue weighted by Crippen LogP contribution is 2.69. The first kappa shape index (κ1) is 21.9. The smallest absolute Gasteiger partial charge is 0.199 e. The standard InChI is InChI=1S/C26H24F2N6O/c1-13(35)23-30-24(34-33-23)18-8-5-9-20(29-18)26-11-10-15(25(26,2)3)14-12-19(31-32-22(14)26)21-16(27)6-4-7-17(21)28/h4-9,12-13,15,35H,10-11H2,1-3H3,(H,30,33,34)/t13-,15-,26-/m0/s1. The summed E-state index contributed by atoms with van der Waals surface area (Å²) in [6.07, 6.45) is 0.977. The fourth-order valence-electron chi connectivity index (χ4n) is 6.13. The predicted octanol–water partition coefficient (Wildman–Crippen LogP) is 4.86. The Bertz CT molecular complexity index is 1450. The highest BCUT2D eigenvalue weighted by Gasteiger charge is 2.65. The summed E-state index contributed by atoms with van der Waals surface area (Å²) >= 11 is 0. The zero-order chi connectivity index (χ0) is 24.5. The lowest BCUT2D eigenvalue weighted by Crippen LogP contribution is -2.37. The average Bonchev–Trinajstić information content (AvgIpc) is 3.48. The Labute approximate surface area is 200 Å². The van der Waals surface area contributed by atoms with Crippen LogP contribution in [0.5, 0.6) is 0 Å². The van der Waals surface area contributed by atoms with Crippen molar-refractivity contribution in [2.24, 2.45) is 5.41 Å². The number of aromatic amines is 1. The summed E-state index contributed by atoms with van der Waals surface area (Å²) in [5, 5.41) is 25.6. The minimum Gasteiger partial charge on any atom is -0.385 e. The van der Waals surface area contributed by atoms with Crippen molar-refractivity contribution in [3.63, 3.8) is 0 Å². The van der Waals surface area contributed by atoms with Crippen LogP contribution in [0.4, 0.5) is 8.78 Å². The second-order valence-electron chi connectivity index (χ2n) is 9.98. The van der Waals surface area contributed by atoms with Crippen molar-refractivity contribution >= 4 is 0 Å². The van der Waals surface area contributed by atoms with Gasteiger partial charge in [-0.25, -0.2) is 18.7 Å². The van der Waals surface area contributed by atoms with Crippen LogP contribution >= 0.6 is 0 Å². The number of nitrogens with one attached hydrogen (secondary N) is 1. The topological polar surface area (TPSA) is 100 Å². The summed E-state index contributed by atoms with van der Waals surface area (Å²) in [6, 6.07) is 11.3. The highest BCUT2D eigenvalue weighted by atomic mass is 19.1. The third-order valence-electron chi connectivity index (χ3n) is 7.91. The number of nitrogens with zero attached hydrogens (tertiary/aromatic N) is 5. The van der Waals surface area contributed by atoms with E-state index in [1.807, 2.05) is 18.2 Å². The highest BCUT2D eigenvalue weighted by molar-refractivity contribution is 5.64. The number of H-pyrrole nitrogens is 1. The summed E-state index contributed by atoms with van der Waals surface area (Å²) < 4.78 is 29.0. The minimum absolute atomic E-state index is 0.150. The lowest BCUT2D eigenvalue weighted by Gasteiger charge is -2.37. The number of hydrogen-bond donors (Lipinski definition) is 2. The SMILES string of the molecule is C[C@H](O)c1nc(-c2cccc([C@@]34CC[C@@H](c5cc(-c6c(F)cccc6F)nnc53)C4(C)C)n2)n[nH]1. The molecule has 9 heteroatoms. The van der Waals surface area contributed by atoms with E-state index in [1.54, 1.807) is 13.0 Å². The van der Waals surface area contributed by atoms with E-state index in [1.165, 1.54) is 18.2 Å². The van der Waals surface area contributed by atoms with Crippen LogP contribution < -0.4 is 0 Å². The number of fused-ring (bicyclic) bond motifs is 5. The Hall–Kier alpha value is -3.59. The molecule has 2 aliphatic rings. The molecular weight excluding hydrogens is 450 g/mol. The molecule has 2 bridgehead atoms. The quantitative estimate of drug-likeness (QED) is 0.438. The molecule has 1 fully saturated rings. The summed E-state index contributed by atoms with van der Waals surface area (Å²) in [5.74, 6) is -0.391. The minimum atomic E-state index is -0.766. The van der Waals surface area contributed by atoms with E-state index in [4.69, 9.17) is 4.98 Å². The predicted molar refractivity (Wildman–Crippen MR) is 124 cm³/mol. The third kappa shape index (κ3) is 2.94. The van der Waals surface area contributed by atoms with Gasteiger partial charge in [0.15, 0.2) is 11.6 Å². The van der Waals surface area contributed by atoms with E-state index in [0.29, 0.717) is 17.3 Å². The Morgan fingerprint density at radius 2 is 1.77 bits per heavy atom. The van der Waals surface area contributed by atoms with Gasteiger partial charge in [0.2, 0.25) is 0 Å². The number of aliphatic hydroxyl groups excluding tert-OH is 1. The van der Waals surface area contributed by atoms with Crippen LogP contribution in [0.25, 0.3) is 22.8 Å². The lowest BCUT2D eigenvalue weighted by molar-refractivity contribution is 0.189. The number of halogens is 2. The first-order valence-corrected chi connectivity index (χ1v) is 11.6. The van der Waals surface area contributed by atoms with Crippen molar-refractivity contribution in [3.05, 3.63) is 76.9 Å². The maximum absolute atomic E-state index is 14.5. The molecule has 0 aliphatic heterocycles. The molecule has 0 radical (unpaired) electrons. The zero-order valence-electron chi connectivity index (χ0n) is 19.5. The summed E-state index contributed by atoms with van der Waals surface area (Å²) in [6.45, 7) is 6.01. The van der Waals surface area contributed by atoms with Gasteiger partial charge < -0.3 is 5.11 Å². The van der Waals surface area contributed by atoms with Gasteiger partial charge in [0.25, 0.3) is 0 Å². The van der Waals surface area contributed by atoms with Crippen molar-refractivity contribution in [1.82, 2.24) is 30.4 Å². The van der Waals surface area contributed by atoms with Gasteiger partial charge >= 0.3 is 0 Å². The van der Waals surface area contributed by atoms with Crippen molar-refractivity contribution in [1.29, 1.82) is 0 Å². The van der Waals surface area contributed by atoms with Crippen LogP contribution in [0.3, 0.4) is 0 Å². The van der Waals surface area contributed by atoms with Gasteiger partial charge in [-0.3, -0.25) is 5.10 Å². The molecule has 1 saturated carbocycles. The van der Waals surface area contributed by atoms with E-state index < -0.39 is 23.2 Å². The number of aliphatic hydroxyl groups is 1. The molecule has 4 aromatic rings. The molecule has 35 heavy (non-hydrogen) atoms. The van der Waals surface area contributed by atoms with Crippen molar-refractivity contribution < 1.29 is 13.9 Å². The van der Waals surface area contributed by atoms with Crippen LogP contribution in [0.1, 0.15) is 68.4 Å². The van der Waals surface area contributed by atoms with Crippen LogP contribution in [0.2, 0.25) is 0 Å². The van der Waals surface area contributed by atoms with Crippen LogP contribution in [-0.4, -0.2) is 35.5 Å². The molecule has 0 unspecified atom stereocenters. The summed E-state index contributed by atoms with van der Waals surface area (Å²) in [5.41, 5.74) is 2.49. The van der Waals surface area contributed by atoms with Crippen molar-refractivity contribution in [2.75, 3.05) is 0 Å². The molecule has 3 atom stereocenters. The van der Waals surface area contributed by atoms with E-state index in [-0.39, 0.29) is 22.6 Å². The van der Waals surface area contributed by atoms with Gasteiger partial charge in [0, 0.05) is 0 Å². The fourth-order valence-corrected chi connectivity index (χ4v) is 6.13. The second-order valence-corrected chi connectivity index (χ2v) is 9.98. The maximum Gasteiger partial charge on any atom is 0.199 e. The molecule has 6 rings (SSSR count). The van der Waals surface area contributed by atoms with Gasteiger partial charge in [-0.05, 0) is 67.0 Å². The Kier molecular flexibility index (Phi) is 4.67. The summed E-state index contributed by atoms with van der Waals surface area (Å²) in [7, 11) is 0. The van der Waals surface area contributed by atoms with Crippen LogP contribution in [0.15, 0.2) is 42.5 Å². The second kappa shape index (κ2) is 7.45. The van der Waals surface area contributed by atoms with Gasteiger partial charge in [-0.2, -0.15) is 10.2 Å². The fraction of sp³-hybridized carbons (Fsp3) is 0.346. The molecule has 178 valence electrons. The Morgan fingerprint density at radius 3 is 2.49 bits per heavy atom. The first-order valence-electron chi connectivity index (χ1n) is 11.6. The largest absolute Gasteiger partial charge is 0.385 e. The van der Waals surface area contributed by atoms with Crippen LogP contribution in [0, 0.1) is 17.0 Å². The maximum atomic E-state index is 14.5. The molecule has 2 aliphatic carbocycles. The molecule has 3 aromatic heterocycles. The molecule has 0 amide bonds. The monoisotopic (exact) mass is 474 g/mol. The normalized spacial score (nSPS) is 22.9. The van der Waals surface area contributed by atoms with E-state index in [2.05, 4.69) is 39.2 Å². The lowest BCUT2D eigenvalue weighted by atomic mass is 9.66. The molecule has 3 heterocycles. The molecular formula is C26H24F2N6O. The van der Waals surface area contributed by atoms with Gasteiger partial charge in [0.1, 0.15) is 23.4 Å². The molecule has 1 aromatic carbocycles. The van der Waals surface area contributed by atoms with Crippen molar-refractivity contribution in [2.45, 2.75) is 51.0 Å². The summed E-state index contributed by atoms with van der Waals surface area (Å²) in [4.78, 5) is 9.33. The van der Waals surface area contributed by atoms with E-state index >= 15 is 0 Å². The van der Waals surface area contributed by atoms with E-state index in [0.717, 1.165) is 29.8 Å². The average molecular weight is 475 g/mol. The van der Waals surface area contributed by atoms with Gasteiger partial charge in [-0.1, -0.05) is 26.0 Å². The van der Waals surface area contributed by atoms with Gasteiger partial charge in [-0.15, -0.1) is 5.10 Å². The molecule has 7 nitrogen and oxygen atoms in total. The molecule has 2 N–H and O–H groups in total. The Morgan fingerprint density at radius 1 is 1.03 bits per heavy atom. The molecule has 0 saturated heterocycles. The number of hydrogen-bond acceptors (Lipinski definition) is 6. The number of rotatable bonds is 4. The number of pyridine rings is 1. The number of benzene rings is 1. The van der Waals surface area contributed by atoms with Gasteiger partial charge in [0.05, 0.1) is 28.1 Å². The van der Waals surface area contributed by atoms with E-state index in [9.17, 15) is 13.9 Å². The first-order chi connectivity index (χ1) is 16.7. The van der Waals surface area contributed by atoms with Crippen LogP contribution in [-0.2, 0) is 5.41 Å². The van der Waals surface area contributed by atoms with Crippen molar-refractivity contribution in [3.8, 4) is 22.8 Å². The third-order valence-corrected chi connectivity index (χ3v) is 7.91.